The summed E-state index contributed by atoms with van der Waals surface area (Å²) in [6, 6.07) is 4.15. The first-order valence-electron chi connectivity index (χ1n) is 10.4. The number of aliphatic imine (C=N–C) groups is 1. The summed E-state index contributed by atoms with van der Waals surface area (Å²) in [6.45, 7) is 7.44. The van der Waals surface area contributed by atoms with E-state index >= 15 is 0 Å². The van der Waals surface area contributed by atoms with Crippen molar-refractivity contribution in [2.75, 3.05) is 53.4 Å². The number of halogens is 2. The average Bonchev–Trinajstić information content (AvgIpc) is 3.34. The minimum atomic E-state index is -0.519. The molecule has 0 spiro atoms. The van der Waals surface area contributed by atoms with Crippen LogP contribution in [0.3, 0.4) is 0 Å². The van der Waals surface area contributed by atoms with Gasteiger partial charge in [0.1, 0.15) is 11.6 Å². The lowest BCUT2D eigenvalue weighted by molar-refractivity contribution is 0.249. The van der Waals surface area contributed by atoms with Crippen molar-refractivity contribution in [1.82, 2.24) is 20.0 Å². The van der Waals surface area contributed by atoms with Gasteiger partial charge in [0.05, 0.1) is 12.6 Å². The molecule has 156 valence electrons. The van der Waals surface area contributed by atoms with Gasteiger partial charge in [-0.2, -0.15) is 0 Å². The van der Waals surface area contributed by atoms with Crippen molar-refractivity contribution in [3.8, 4) is 0 Å². The Morgan fingerprint density at radius 2 is 1.89 bits per heavy atom. The van der Waals surface area contributed by atoms with Crippen molar-refractivity contribution in [1.29, 1.82) is 0 Å². The van der Waals surface area contributed by atoms with Crippen LogP contribution < -0.4 is 5.32 Å². The normalized spacial score (nSPS) is 22.3. The van der Waals surface area contributed by atoms with Crippen molar-refractivity contribution < 1.29 is 8.78 Å². The predicted molar refractivity (Wildman–Crippen MR) is 110 cm³/mol. The first-order valence-corrected chi connectivity index (χ1v) is 10.4. The molecule has 0 bridgehead atoms. The maximum absolute atomic E-state index is 14.3. The molecule has 2 aliphatic rings. The molecule has 2 heterocycles. The molecule has 0 radical (unpaired) electrons. The van der Waals surface area contributed by atoms with Gasteiger partial charge in [0.25, 0.3) is 0 Å². The topological polar surface area (TPSA) is 34.1 Å². The van der Waals surface area contributed by atoms with Crippen LogP contribution in [0.4, 0.5) is 8.78 Å². The van der Waals surface area contributed by atoms with Crippen molar-refractivity contribution in [3.63, 3.8) is 0 Å². The fraction of sp³-hybridized carbons (Fsp3) is 0.667. The third-order valence-corrected chi connectivity index (χ3v) is 5.83. The second kappa shape index (κ2) is 9.65. The summed E-state index contributed by atoms with van der Waals surface area (Å²) in [6.07, 6.45) is 3.73. The molecule has 2 unspecified atom stereocenters. The lowest BCUT2D eigenvalue weighted by Gasteiger charge is -2.27. The Bertz CT molecular complexity index is 653. The molecule has 0 aliphatic carbocycles. The third-order valence-electron chi connectivity index (χ3n) is 5.83. The summed E-state index contributed by atoms with van der Waals surface area (Å²) >= 11 is 0. The third kappa shape index (κ3) is 4.81. The molecule has 0 aromatic heterocycles. The molecule has 2 atom stereocenters. The quantitative estimate of drug-likeness (QED) is 0.595. The van der Waals surface area contributed by atoms with Gasteiger partial charge in [0.2, 0.25) is 0 Å². The Morgan fingerprint density at radius 3 is 2.50 bits per heavy atom. The van der Waals surface area contributed by atoms with Crippen LogP contribution in [0.2, 0.25) is 0 Å². The molecule has 1 aromatic rings. The van der Waals surface area contributed by atoms with Crippen LogP contribution in [0.5, 0.6) is 0 Å². The van der Waals surface area contributed by atoms with E-state index in [-0.39, 0.29) is 5.56 Å². The van der Waals surface area contributed by atoms with Crippen LogP contribution in [0.1, 0.15) is 37.8 Å². The number of benzene rings is 1. The van der Waals surface area contributed by atoms with Crippen LogP contribution >= 0.6 is 0 Å². The van der Waals surface area contributed by atoms with Crippen molar-refractivity contribution in [2.24, 2.45) is 4.99 Å². The van der Waals surface area contributed by atoms with E-state index in [0.29, 0.717) is 12.6 Å². The smallest absolute Gasteiger partial charge is 0.194 e. The summed E-state index contributed by atoms with van der Waals surface area (Å²) in [7, 11) is 3.66. The standard InChI is InChI=1S/C21H33F2N5/c1-4-24-21(28-13-10-16(15-28)27-11-5-6-12-27)25-14-19(26(2)3)20-17(22)8-7-9-18(20)23/h7-9,16,19H,4-6,10-15H2,1-3H3,(H,24,25). The van der Waals surface area contributed by atoms with Gasteiger partial charge < -0.3 is 15.1 Å². The van der Waals surface area contributed by atoms with Crippen molar-refractivity contribution >= 4 is 5.96 Å². The molecule has 0 amide bonds. The molecule has 3 rings (SSSR count). The molecule has 0 saturated carbocycles. The number of hydrogen-bond donors (Lipinski definition) is 1. The highest BCUT2D eigenvalue weighted by atomic mass is 19.1. The Hall–Kier alpha value is -1.73. The highest BCUT2D eigenvalue weighted by Crippen LogP contribution is 2.25. The molecule has 7 heteroatoms. The Labute approximate surface area is 167 Å². The number of nitrogens with one attached hydrogen (secondary N) is 1. The summed E-state index contributed by atoms with van der Waals surface area (Å²) in [5, 5.41) is 3.36. The highest BCUT2D eigenvalue weighted by Gasteiger charge is 2.31. The predicted octanol–water partition coefficient (Wildman–Crippen LogP) is 2.70. The van der Waals surface area contributed by atoms with E-state index in [0.717, 1.165) is 32.0 Å². The van der Waals surface area contributed by atoms with Gasteiger partial charge in [-0.25, -0.2) is 8.78 Å². The molecule has 28 heavy (non-hydrogen) atoms. The second-order valence-corrected chi connectivity index (χ2v) is 7.94. The molecule has 1 aromatic carbocycles. The Morgan fingerprint density at radius 1 is 1.21 bits per heavy atom. The first kappa shape index (κ1) is 21.0. The molecular weight excluding hydrogens is 360 g/mol. The van der Waals surface area contributed by atoms with Crippen LogP contribution in [-0.2, 0) is 0 Å². The summed E-state index contributed by atoms with van der Waals surface area (Å²) in [5.74, 6) is -0.198. The number of hydrogen-bond acceptors (Lipinski definition) is 3. The van der Waals surface area contributed by atoms with Gasteiger partial charge in [-0.05, 0) is 65.5 Å². The SMILES string of the molecule is CCNC(=NCC(c1c(F)cccc1F)N(C)C)N1CCC(N2CCCC2)C1. The number of likely N-dealkylation sites (N-methyl/N-ethyl adjacent to an activating group) is 1. The minimum absolute atomic E-state index is 0.0865. The van der Waals surface area contributed by atoms with Gasteiger partial charge in [0, 0.05) is 31.2 Å². The van der Waals surface area contributed by atoms with Crippen LogP contribution in [0.25, 0.3) is 0 Å². The van der Waals surface area contributed by atoms with Gasteiger partial charge >= 0.3 is 0 Å². The molecule has 1 N–H and O–H groups in total. The number of nitrogens with zero attached hydrogens (tertiary/aromatic N) is 4. The minimum Gasteiger partial charge on any atom is -0.357 e. The van der Waals surface area contributed by atoms with E-state index in [1.165, 1.54) is 44.1 Å². The van der Waals surface area contributed by atoms with E-state index in [1.807, 2.05) is 25.9 Å². The lowest BCUT2D eigenvalue weighted by Crippen LogP contribution is -2.43. The molecule has 2 saturated heterocycles. The maximum atomic E-state index is 14.3. The van der Waals surface area contributed by atoms with Crippen molar-refractivity contribution in [3.05, 3.63) is 35.4 Å². The molecule has 2 aliphatic heterocycles. The fourth-order valence-electron chi connectivity index (χ4n) is 4.28. The van der Waals surface area contributed by atoms with Gasteiger partial charge in [-0.3, -0.25) is 9.89 Å². The lowest BCUT2D eigenvalue weighted by atomic mass is 10.0. The zero-order chi connectivity index (χ0) is 20.1. The zero-order valence-corrected chi connectivity index (χ0v) is 17.3. The largest absolute Gasteiger partial charge is 0.357 e. The highest BCUT2D eigenvalue weighted by molar-refractivity contribution is 5.80. The Kier molecular flexibility index (Phi) is 7.24. The first-order chi connectivity index (χ1) is 13.5. The van der Waals surface area contributed by atoms with Gasteiger partial charge in [-0.15, -0.1) is 0 Å². The van der Waals surface area contributed by atoms with Crippen molar-refractivity contribution in [2.45, 2.75) is 38.3 Å². The van der Waals surface area contributed by atoms with Gasteiger partial charge in [0.15, 0.2) is 5.96 Å². The molecular formula is C21H33F2N5. The van der Waals surface area contributed by atoms with Crippen LogP contribution in [0, 0.1) is 11.6 Å². The van der Waals surface area contributed by atoms with E-state index in [4.69, 9.17) is 4.99 Å². The van der Waals surface area contributed by atoms with Crippen LogP contribution in [0.15, 0.2) is 23.2 Å². The zero-order valence-electron chi connectivity index (χ0n) is 17.3. The Balaban J connectivity index is 1.73. The fourth-order valence-corrected chi connectivity index (χ4v) is 4.28. The van der Waals surface area contributed by atoms with Gasteiger partial charge in [-0.1, -0.05) is 6.07 Å². The number of guanidine groups is 1. The monoisotopic (exact) mass is 393 g/mol. The summed E-state index contributed by atoms with van der Waals surface area (Å²) in [5.41, 5.74) is 0.0865. The second-order valence-electron chi connectivity index (χ2n) is 7.94. The number of rotatable bonds is 6. The average molecular weight is 394 g/mol. The summed E-state index contributed by atoms with van der Waals surface area (Å²) < 4.78 is 28.6. The van der Waals surface area contributed by atoms with E-state index < -0.39 is 17.7 Å². The molecule has 2 fully saturated rings. The van der Waals surface area contributed by atoms with E-state index in [1.54, 1.807) is 0 Å². The van der Waals surface area contributed by atoms with Crippen LogP contribution in [-0.4, -0.2) is 80.1 Å². The molecule has 5 nitrogen and oxygen atoms in total. The number of likely N-dealkylation sites (tertiary alicyclic amines) is 2. The van der Waals surface area contributed by atoms with E-state index in [2.05, 4.69) is 15.1 Å². The summed E-state index contributed by atoms with van der Waals surface area (Å²) in [4.78, 5) is 11.5. The van der Waals surface area contributed by atoms with E-state index in [9.17, 15) is 8.78 Å². The maximum Gasteiger partial charge on any atom is 0.194 e.